The van der Waals surface area contributed by atoms with Crippen molar-refractivity contribution >= 4 is 11.0 Å². The molecule has 1 aromatic heterocycles. The second-order valence-electron chi connectivity index (χ2n) is 6.41. The number of aliphatic hydroxyl groups is 1. The van der Waals surface area contributed by atoms with Gasteiger partial charge in [0.15, 0.2) is 0 Å². The topological polar surface area (TPSA) is 50.1 Å². The van der Waals surface area contributed by atoms with Crippen LogP contribution in [0, 0.1) is 0 Å². The first-order valence-electron chi connectivity index (χ1n) is 7.96. The molecule has 21 heavy (non-hydrogen) atoms. The van der Waals surface area contributed by atoms with Gasteiger partial charge in [-0.3, -0.25) is 0 Å². The maximum absolute atomic E-state index is 10.6. The lowest BCUT2D eigenvalue weighted by atomic mass is 9.85. The average Bonchev–Trinajstić information content (AvgIpc) is 2.84. The van der Waals surface area contributed by atoms with Crippen LogP contribution in [0.5, 0.6) is 0 Å². The van der Waals surface area contributed by atoms with E-state index >= 15 is 0 Å². The molecule has 3 rings (SSSR count). The van der Waals surface area contributed by atoms with Crippen LogP contribution in [0.25, 0.3) is 11.0 Å². The third kappa shape index (κ3) is 2.97. The van der Waals surface area contributed by atoms with Gasteiger partial charge in [-0.25, -0.2) is 4.98 Å². The molecule has 0 saturated heterocycles. The summed E-state index contributed by atoms with van der Waals surface area (Å²) >= 11 is 0. The van der Waals surface area contributed by atoms with Gasteiger partial charge in [0.1, 0.15) is 5.82 Å². The summed E-state index contributed by atoms with van der Waals surface area (Å²) in [4.78, 5) is 4.72. The van der Waals surface area contributed by atoms with Gasteiger partial charge in [0.25, 0.3) is 0 Å². The van der Waals surface area contributed by atoms with E-state index in [1.807, 2.05) is 18.2 Å². The minimum atomic E-state index is -0.531. The number of rotatable bonds is 4. The van der Waals surface area contributed by atoms with Crippen molar-refractivity contribution in [3.05, 3.63) is 30.1 Å². The Morgan fingerprint density at radius 2 is 2.00 bits per heavy atom. The van der Waals surface area contributed by atoms with E-state index in [0.29, 0.717) is 6.54 Å². The SMILES string of the molecule is CC(NCC1(O)CCCCC1)c1nc2ccccc2n1C. The molecule has 0 bridgehead atoms. The predicted molar refractivity (Wildman–Crippen MR) is 85.2 cm³/mol. The van der Waals surface area contributed by atoms with Crippen LogP contribution >= 0.6 is 0 Å². The van der Waals surface area contributed by atoms with Gasteiger partial charge < -0.3 is 15.0 Å². The number of para-hydroxylation sites is 2. The number of nitrogens with one attached hydrogen (secondary N) is 1. The lowest BCUT2D eigenvalue weighted by Gasteiger charge is -2.33. The normalized spacial score (nSPS) is 19.8. The minimum absolute atomic E-state index is 0.133. The van der Waals surface area contributed by atoms with Gasteiger partial charge in [0.2, 0.25) is 0 Å². The van der Waals surface area contributed by atoms with E-state index in [1.54, 1.807) is 0 Å². The second-order valence-corrected chi connectivity index (χ2v) is 6.41. The van der Waals surface area contributed by atoms with Crippen molar-refractivity contribution in [2.24, 2.45) is 7.05 Å². The van der Waals surface area contributed by atoms with E-state index in [2.05, 4.69) is 29.9 Å². The first kappa shape index (κ1) is 14.5. The molecule has 114 valence electrons. The van der Waals surface area contributed by atoms with Crippen molar-refractivity contribution < 1.29 is 5.11 Å². The average molecular weight is 287 g/mol. The molecule has 1 heterocycles. The van der Waals surface area contributed by atoms with E-state index in [9.17, 15) is 5.11 Å². The summed E-state index contributed by atoms with van der Waals surface area (Å²) in [5.41, 5.74) is 1.65. The molecule has 1 unspecified atom stereocenters. The summed E-state index contributed by atoms with van der Waals surface area (Å²) < 4.78 is 2.14. The number of hydrogen-bond acceptors (Lipinski definition) is 3. The molecular formula is C17H25N3O. The monoisotopic (exact) mass is 287 g/mol. The standard InChI is InChI=1S/C17H25N3O/c1-13(18-12-17(21)10-6-3-7-11-17)16-19-14-8-4-5-9-15(14)20(16)2/h4-5,8-9,13,18,21H,3,6-7,10-12H2,1-2H3. The fourth-order valence-electron chi connectivity index (χ4n) is 3.37. The van der Waals surface area contributed by atoms with Crippen molar-refractivity contribution in [1.29, 1.82) is 0 Å². The number of aryl methyl sites for hydroxylation is 1. The Labute approximate surface area is 126 Å². The fraction of sp³-hybridized carbons (Fsp3) is 0.588. The Morgan fingerprint density at radius 1 is 1.29 bits per heavy atom. The van der Waals surface area contributed by atoms with Crippen LogP contribution < -0.4 is 5.32 Å². The summed E-state index contributed by atoms with van der Waals surface area (Å²) in [6.45, 7) is 2.77. The number of imidazole rings is 1. The molecule has 1 aliphatic carbocycles. The van der Waals surface area contributed by atoms with E-state index < -0.39 is 5.60 Å². The van der Waals surface area contributed by atoms with Crippen molar-refractivity contribution in [2.75, 3.05) is 6.54 Å². The highest BCUT2D eigenvalue weighted by atomic mass is 16.3. The maximum Gasteiger partial charge on any atom is 0.126 e. The summed E-state index contributed by atoms with van der Waals surface area (Å²) in [5, 5.41) is 14.1. The number of fused-ring (bicyclic) bond motifs is 1. The second kappa shape index (κ2) is 5.78. The molecule has 1 saturated carbocycles. The van der Waals surface area contributed by atoms with Crippen LogP contribution in [-0.2, 0) is 7.05 Å². The number of aromatic nitrogens is 2. The predicted octanol–water partition coefficient (Wildman–Crippen LogP) is 2.92. The van der Waals surface area contributed by atoms with E-state index in [4.69, 9.17) is 4.98 Å². The zero-order valence-corrected chi connectivity index (χ0v) is 13.0. The molecule has 0 aliphatic heterocycles. The highest BCUT2D eigenvalue weighted by molar-refractivity contribution is 5.75. The quantitative estimate of drug-likeness (QED) is 0.909. The summed E-state index contributed by atoms with van der Waals surface area (Å²) in [6.07, 6.45) is 5.35. The van der Waals surface area contributed by atoms with Crippen LogP contribution in [0.4, 0.5) is 0 Å². The van der Waals surface area contributed by atoms with Gasteiger partial charge in [-0.2, -0.15) is 0 Å². The molecule has 2 aromatic rings. The lowest BCUT2D eigenvalue weighted by molar-refractivity contribution is 0.00277. The first-order valence-corrected chi connectivity index (χ1v) is 7.96. The minimum Gasteiger partial charge on any atom is -0.389 e. The Balaban J connectivity index is 1.72. The van der Waals surface area contributed by atoms with Gasteiger partial charge in [-0.1, -0.05) is 31.4 Å². The molecule has 2 N–H and O–H groups in total. The van der Waals surface area contributed by atoms with Crippen molar-refractivity contribution in [2.45, 2.75) is 50.7 Å². The van der Waals surface area contributed by atoms with Crippen LogP contribution in [-0.4, -0.2) is 26.8 Å². The van der Waals surface area contributed by atoms with Gasteiger partial charge >= 0.3 is 0 Å². The van der Waals surface area contributed by atoms with E-state index in [-0.39, 0.29) is 6.04 Å². The summed E-state index contributed by atoms with van der Waals surface area (Å²) in [5.74, 6) is 1.02. The maximum atomic E-state index is 10.6. The van der Waals surface area contributed by atoms with Crippen molar-refractivity contribution in [3.63, 3.8) is 0 Å². The highest BCUT2D eigenvalue weighted by Gasteiger charge is 2.29. The van der Waals surface area contributed by atoms with Gasteiger partial charge in [-0.05, 0) is 31.9 Å². The molecule has 1 aliphatic rings. The summed E-state index contributed by atoms with van der Waals surface area (Å²) in [7, 11) is 2.05. The van der Waals surface area contributed by atoms with Gasteiger partial charge in [0, 0.05) is 13.6 Å². The molecule has 0 amide bonds. The number of hydrogen-bond donors (Lipinski definition) is 2. The molecule has 1 aromatic carbocycles. The largest absolute Gasteiger partial charge is 0.389 e. The van der Waals surface area contributed by atoms with Crippen molar-refractivity contribution in [3.8, 4) is 0 Å². The zero-order chi connectivity index (χ0) is 14.9. The molecule has 4 heteroatoms. The fourth-order valence-corrected chi connectivity index (χ4v) is 3.37. The number of benzene rings is 1. The van der Waals surface area contributed by atoms with Crippen LogP contribution in [0.1, 0.15) is 50.9 Å². The van der Waals surface area contributed by atoms with E-state index in [1.165, 1.54) is 6.42 Å². The Bertz CT molecular complexity index is 614. The third-order valence-electron chi connectivity index (χ3n) is 4.73. The lowest BCUT2D eigenvalue weighted by Crippen LogP contribution is -2.43. The van der Waals surface area contributed by atoms with E-state index in [0.717, 1.165) is 42.5 Å². The van der Waals surface area contributed by atoms with Crippen LogP contribution in [0.2, 0.25) is 0 Å². The molecule has 1 atom stereocenters. The molecule has 4 nitrogen and oxygen atoms in total. The third-order valence-corrected chi connectivity index (χ3v) is 4.73. The first-order chi connectivity index (χ1) is 10.1. The summed E-state index contributed by atoms with van der Waals surface area (Å²) in [6, 6.07) is 8.32. The van der Waals surface area contributed by atoms with Gasteiger partial charge in [-0.15, -0.1) is 0 Å². The number of nitrogens with zero attached hydrogens (tertiary/aromatic N) is 2. The molecule has 0 spiro atoms. The highest BCUT2D eigenvalue weighted by Crippen LogP contribution is 2.28. The Hall–Kier alpha value is -1.39. The Morgan fingerprint density at radius 3 is 2.71 bits per heavy atom. The Kier molecular flexibility index (Phi) is 4.00. The molecular weight excluding hydrogens is 262 g/mol. The van der Waals surface area contributed by atoms with Gasteiger partial charge in [0.05, 0.1) is 22.7 Å². The molecule has 1 fully saturated rings. The van der Waals surface area contributed by atoms with Crippen molar-refractivity contribution in [1.82, 2.24) is 14.9 Å². The zero-order valence-electron chi connectivity index (χ0n) is 13.0. The van der Waals surface area contributed by atoms with Crippen LogP contribution in [0.3, 0.4) is 0 Å². The smallest absolute Gasteiger partial charge is 0.126 e. The molecule has 0 radical (unpaired) electrons. The van der Waals surface area contributed by atoms with Crippen LogP contribution in [0.15, 0.2) is 24.3 Å².